The Morgan fingerprint density at radius 2 is 2.00 bits per heavy atom. The molecule has 1 aromatic heterocycles. The number of aromatic nitrogens is 1. The third-order valence-electron chi connectivity index (χ3n) is 4.07. The SMILES string of the molecule is Cc1ccccc1C#Cc1cnc2c(c1)C(=O)NCC(C)(C)C2. The second-order valence-corrected chi connectivity index (χ2v) is 6.81. The van der Waals surface area contributed by atoms with Crippen LogP contribution in [0.4, 0.5) is 0 Å². The Morgan fingerprint density at radius 1 is 1.22 bits per heavy atom. The fourth-order valence-electron chi connectivity index (χ4n) is 2.68. The van der Waals surface area contributed by atoms with Gasteiger partial charge in [-0.3, -0.25) is 9.78 Å². The van der Waals surface area contributed by atoms with Crippen LogP contribution in [0.25, 0.3) is 0 Å². The zero-order chi connectivity index (χ0) is 16.4. The van der Waals surface area contributed by atoms with E-state index in [9.17, 15) is 4.79 Å². The van der Waals surface area contributed by atoms with Gasteiger partial charge in [0.1, 0.15) is 0 Å². The maximum absolute atomic E-state index is 12.3. The Hall–Kier alpha value is -2.60. The van der Waals surface area contributed by atoms with E-state index in [0.717, 1.165) is 28.8 Å². The summed E-state index contributed by atoms with van der Waals surface area (Å²) >= 11 is 0. The maximum Gasteiger partial charge on any atom is 0.253 e. The van der Waals surface area contributed by atoms with Crippen molar-refractivity contribution in [2.45, 2.75) is 27.2 Å². The number of carbonyl (C=O) groups excluding carboxylic acids is 1. The van der Waals surface area contributed by atoms with E-state index >= 15 is 0 Å². The molecular formula is C20H20N2O. The van der Waals surface area contributed by atoms with Crippen LogP contribution in [0.3, 0.4) is 0 Å². The fraction of sp³-hybridized carbons (Fsp3) is 0.300. The van der Waals surface area contributed by atoms with Crippen LogP contribution in [0.5, 0.6) is 0 Å². The van der Waals surface area contributed by atoms with E-state index in [-0.39, 0.29) is 11.3 Å². The fourth-order valence-corrected chi connectivity index (χ4v) is 2.68. The normalized spacial score (nSPS) is 15.7. The standard InChI is InChI=1S/C20H20N2O/c1-14-6-4-5-7-16(14)9-8-15-10-17-18(21-12-15)11-20(2,3)13-22-19(17)23/h4-7,10,12H,11,13H2,1-3H3,(H,22,23). The number of nitrogens with zero attached hydrogens (tertiary/aromatic N) is 1. The number of rotatable bonds is 0. The summed E-state index contributed by atoms with van der Waals surface area (Å²) in [6.07, 6.45) is 2.55. The third kappa shape index (κ3) is 3.43. The van der Waals surface area contributed by atoms with Crippen LogP contribution in [0.2, 0.25) is 0 Å². The number of aryl methyl sites for hydroxylation is 1. The van der Waals surface area contributed by atoms with Gasteiger partial charge in [0.2, 0.25) is 0 Å². The summed E-state index contributed by atoms with van der Waals surface area (Å²) in [6, 6.07) is 9.85. The van der Waals surface area contributed by atoms with Crippen molar-refractivity contribution in [1.82, 2.24) is 10.3 Å². The van der Waals surface area contributed by atoms with Gasteiger partial charge in [0, 0.05) is 23.9 Å². The minimum absolute atomic E-state index is 0.0161. The molecule has 0 unspecified atom stereocenters. The summed E-state index contributed by atoms with van der Waals surface area (Å²) in [4.78, 5) is 16.8. The highest BCUT2D eigenvalue weighted by Gasteiger charge is 2.27. The Bertz CT molecular complexity index is 825. The van der Waals surface area contributed by atoms with Crippen molar-refractivity contribution in [3.8, 4) is 11.8 Å². The Morgan fingerprint density at radius 3 is 2.78 bits per heavy atom. The average Bonchev–Trinajstić information content (AvgIpc) is 2.63. The number of hydrogen-bond acceptors (Lipinski definition) is 2. The smallest absolute Gasteiger partial charge is 0.253 e. The molecule has 0 fully saturated rings. The van der Waals surface area contributed by atoms with Crippen LogP contribution in [0.15, 0.2) is 36.5 Å². The second-order valence-electron chi connectivity index (χ2n) is 6.81. The number of benzene rings is 1. The molecule has 0 aliphatic carbocycles. The first-order valence-electron chi connectivity index (χ1n) is 7.79. The molecule has 3 heteroatoms. The second kappa shape index (κ2) is 5.89. The summed E-state index contributed by atoms with van der Waals surface area (Å²) in [5, 5.41) is 2.97. The third-order valence-corrected chi connectivity index (χ3v) is 4.07. The van der Waals surface area contributed by atoms with Gasteiger partial charge in [0.25, 0.3) is 5.91 Å². The monoisotopic (exact) mass is 304 g/mol. The molecule has 1 aromatic carbocycles. The molecule has 0 spiro atoms. The van der Waals surface area contributed by atoms with E-state index in [2.05, 4.69) is 36.0 Å². The van der Waals surface area contributed by atoms with E-state index in [4.69, 9.17) is 0 Å². The highest BCUT2D eigenvalue weighted by molar-refractivity contribution is 5.96. The Labute approximate surface area is 137 Å². The average molecular weight is 304 g/mol. The van der Waals surface area contributed by atoms with Gasteiger partial charge in [-0.05, 0) is 36.5 Å². The van der Waals surface area contributed by atoms with Crippen LogP contribution in [0, 0.1) is 24.2 Å². The molecule has 1 amide bonds. The molecule has 1 aliphatic rings. The van der Waals surface area contributed by atoms with E-state index < -0.39 is 0 Å². The molecule has 0 atom stereocenters. The molecule has 116 valence electrons. The van der Waals surface area contributed by atoms with Crippen molar-refractivity contribution in [2.24, 2.45) is 5.41 Å². The largest absolute Gasteiger partial charge is 0.351 e. The number of amides is 1. The van der Waals surface area contributed by atoms with Gasteiger partial charge in [-0.25, -0.2) is 0 Å². The molecule has 0 saturated heterocycles. The molecule has 0 bridgehead atoms. The van der Waals surface area contributed by atoms with Crippen LogP contribution in [0.1, 0.15) is 46.6 Å². The maximum atomic E-state index is 12.3. The molecule has 1 N–H and O–H groups in total. The number of pyridine rings is 1. The van der Waals surface area contributed by atoms with Crippen LogP contribution < -0.4 is 5.32 Å². The lowest BCUT2D eigenvalue weighted by atomic mass is 9.87. The summed E-state index contributed by atoms with van der Waals surface area (Å²) < 4.78 is 0. The van der Waals surface area contributed by atoms with Gasteiger partial charge in [-0.15, -0.1) is 0 Å². The topological polar surface area (TPSA) is 42.0 Å². The van der Waals surface area contributed by atoms with Gasteiger partial charge in [0.15, 0.2) is 0 Å². The molecule has 0 radical (unpaired) electrons. The van der Waals surface area contributed by atoms with Gasteiger partial charge >= 0.3 is 0 Å². The summed E-state index contributed by atoms with van der Waals surface area (Å²) in [5.41, 5.74) is 4.41. The molecule has 3 rings (SSSR count). The quantitative estimate of drug-likeness (QED) is 0.760. The van der Waals surface area contributed by atoms with Crippen molar-refractivity contribution in [2.75, 3.05) is 6.54 Å². The first-order chi connectivity index (χ1) is 10.9. The Balaban J connectivity index is 1.96. The number of nitrogens with one attached hydrogen (secondary N) is 1. The zero-order valence-electron chi connectivity index (χ0n) is 13.7. The highest BCUT2D eigenvalue weighted by Crippen LogP contribution is 2.25. The minimum Gasteiger partial charge on any atom is -0.351 e. The molecule has 1 aliphatic heterocycles. The molecule has 2 heterocycles. The lowest BCUT2D eigenvalue weighted by Crippen LogP contribution is -2.31. The highest BCUT2D eigenvalue weighted by atomic mass is 16.1. The van der Waals surface area contributed by atoms with Crippen molar-refractivity contribution in [3.63, 3.8) is 0 Å². The molecule has 3 nitrogen and oxygen atoms in total. The van der Waals surface area contributed by atoms with Gasteiger partial charge in [-0.2, -0.15) is 0 Å². The van der Waals surface area contributed by atoms with Crippen molar-refractivity contribution in [3.05, 3.63) is 64.5 Å². The van der Waals surface area contributed by atoms with E-state index in [1.54, 1.807) is 6.20 Å². The van der Waals surface area contributed by atoms with E-state index in [0.29, 0.717) is 12.1 Å². The van der Waals surface area contributed by atoms with Gasteiger partial charge in [0.05, 0.1) is 11.3 Å². The molecule has 0 saturated carbocycles. The van der Waals surface area contributed by atoms with Crippen molar-refractivity contribution >= 4 is 5.91 Å². The lowest BCUT2D eigenvalue weighted by Gasteiger charge is -2.21. The van der Waals surface area contributed by atoms with E-state index in [1.165, 1.54) is 0 Å². The van der Waals surface area contributed by atoms with Gasteiger partial charge < -0.3 is 5.32 Å². The molecule has 23 heavy (non-hydrogen) atoms. The number of fused-ring (bicyclic) bond motifs is 1. The first-order valence-corrected chi connectivity index (χ1v) is 7.79. The predicted octanol–water partition coefficient (Wildman–Crippen LogP) is 3.10. The molecular weight excluding hydrogens is 284 g/mol. The van der Waals surface area contributed by atoms with E-state index in [1.807, 2.05) is 37.3 Å². The van der Waals surface area contributed by atoms with Crippen LogP contribution in [-0.2, 0) is 6.42 Å². The van der Waals surface area contributed by atoms with Crippen LogP contribution >= 0.6 is 0 Å². The summed E-state index contributed by atoms with van der Waals surface area (Å²) in [6.45, 7) is 6.97. The first kappa shape index (κ1) is 15.3. The number of carbonyl (C=O) groups is 1. The van der Waals surface area contributed by atoms with Gasteiger partial charge in [-0.1, -0.05) is 43.9 Å². The van der Waals surface area contributed by atoms with Crippen LogP contribution in [-0.4, -0.2) is 17.4 Å². The summed E-state index contributed by atoms with van der Waals surface area (Å²) in [7, 11) is 0. The lowest BCUT2D eigenvalue weighted by molar-refractivity contribution is 0.0944. The molecule has 2 aromatic rings. The number of hydrogen-bond donors (Lipinski definition) is 1. The summed E-state index contributed by atoms with van der Waals surface area (Å²) in [5.74, 6) is 6.22. The Kier molecular flexibility index (Phi) is 3.92. The predicted molar refractivity (Wildman–Crippen MR) is 91.2 cm³/mol. The minimum atomic E-state index is -0.0578. The van der Waals surface area contributed by atoms with Crippen molar-refractivity contribution < 1.29 is 4.79 Å². The van der Waals surface area contributed by atoms with Crippen molar-refractivity contribution in [1.29, 1.82) is 0 Å². The zero-order valence-corrected chi connectivity index (χ0v) is 13.7.